The number of aromatic nitrogens is 2. The molecule has 1 aromatic carbocycles. The van der Waals surface area contributed by atoms with Crippen LogP contribution < -0.4 is 10.6 Å². The summed E-state index contributed by atoms with van der Waals surface area (Å²) in [7, 11) is 3.76. The Hall–Kier alpha value is -1.09. The monoisotopic (exact) mass is 517 g/mol. The van der Waals surface area contributed by atoms with Gasteiger partial charge in [0.15, 0.2) is 5.96 Å². The molecule has 0 aliphatic heterocycles. The van der Waals surface area contributed by atoms with E-state index in [1.54, 1.807) is 0 Å². The average Bonchev–Trinajstić information content (AvgIpc) is 2.96. The minimum absolute atomic E-state index is 0. The van der Waals surface area contributed by atoms with Crippen LogP contribution in [-0.4, -0.2) is 29.3 Å². The summed E-state index contributed by atoms with van der Waals surface area (Å²) in [6, 6.07) is 10.7. The summed E-state index contributed by atoms with van der Waals surface area (Å²) < 4.78 is 3.00. The lowest BCUT2D eigenvalue weighted by molar-refractivity contribution is 0.244. The van der Waals surface area contributed by atoms with Crippen molar-refractivity contribution in [1.82, 2.24) is 20.4 Å². The van der Waals surface area contributed by atoms with Gasteiger partial charge in [0, 0.05) is 36.7 Å². The molecule has 2 aromatic rings. The third kappa shape index (κ3) is 4.75. The molecule has 7 heteroatoms. The predicted octanol–water partition coefficient (Wildman–Crippen LogP) is 3.59. The standard InChI is InChI=1S/C18H24BrN5.HI/c1-20-17(21-12-16-8-11-23-24(16)2)22-13-18(9-3-10-18)14-4-6-15(19)7-5-14;/h4-8,11H,3,9-10,12-13H2,1-2H3,(H2,20,21,22);1H. The van der Waals surface area contributed by atoms with Crippen LogP contribution in [0, 0.1) is 0 Å². The Balaban J connectivity index is 0.00000225. The van der Waals surface area contributed by atoms with E-state index in [1.807, 2.05) is 31.0 Å². The number of benzene rings is 1. The number of nitrogens with one attached hydrogen (secondary N) is 2. The summed E-state index contributed by atoms with van der Waals surface area (Å²) in [6.07, 6.45) is 5.55. The molecule has 1 aromatic heterocycles. The molecule has 136 valence electrons. The quantitative estimate of drug-likeness (QED) is 0.362. The van der Waals surface area contributed by atoms with Crippen LogP contribution >= 0.6 is 39.9 Å². The average molecular weight is 518 g/mol. The summed E-state index contributed by atoms with van der Waals surface area (Å²) in [5.41, 5.74) is 2.76. The molecular formula is C18H25BrIN5. The highest BCUT2D eigenvalue weighted by molar-refractivity contribution is 14.0. The van der Waals surface area contributed by atoms with Crippen molar-refractivity contribution in [3.05, 3.63) is 52.3 Å². The van der Waals surface area contributed by atoms with Gasteiger partial charge < -0.3 is 10.6 Å². The van der Waals surface area contributed by atoms with Crippen LogP contribution in [0.5, 0.6) is 0 Å². The van der Waals surface area contributed by atoms with Crippen LogP contribution in [0.2, 0.25) is 0 Å². The van der Waals surface area contributed by atoms with Gasteiger partial charge in [-0.05, 0) is 36.6 Å². The second-order valence-corrected chi connectivity index (χ2v) is 7.28. The van der Waals surface area contributed by atoms with Crippen molar-refractivity contribution in [3.63, 3.8) is 0 Å². The number of halogens is 2. The highest BCUT2D eigenvalue weighted by atomic mass is 127. The maximum Gasteiger partial charge on any atom is 0.191 e. The molecule has 1 heterocycles. The van der Waals surface area contributed by atoms with E-state index in [0.717, 1.165) is 22.7 Å². The molecule has 0 radical (unpaired) electrons. The van der Waals surface area contributed by atoms with Crippen molar-refractivity contribution in [3.8, 4) is 0 Å². The second kappa shape index (κ2) is 9.02. The van der Waals surface area contributed by atoms with Gasteiger partial charge in [0.1, 0.15) is 0 Å². The Morgan fingerprint density at radius 3 is 2.48 bits per heavy atom. The van der Waals surface area contributed by atoms with Crippen LogP contribution in [0.15, 0.2) is 46.0 Å². The lowest BCUT2D eigenvalue weighted by Gasteiger charge is -2.43. The molecule has 3 rings (SSSR count). The number of guanidine groups is 1. The Bertz CT molecular complexity index is 707. The zero-order chi connectivity index (χ0) is 17.0. The zero-order valence-electron chi connectivity index (χ0n) is 14.6. The third-order valence-electron chi connectivity index (χ3n) is 4.94. The first-order valence-electron chi connectivity index (χ1n) is 8.30. The largest absolute Gasteiger partial charge is 0.356 e. The molecule has 0 unspecified atom stereocenters. The van der Waals surface area contributed by atoms with Gasteiger partial charge in [-0.25, -0.2) is 0 Å². The fourth-order valence-electron chi connectivity index (χ4n) is 3.20. The molecule has 1 aliphatic carbocycles. The van der Waals surface area contributed by atoms with E-state index in [1.165, 1.54) is 24.8 Å². The van der Waals surface area contributed by atoms with E-state index in [4.69, 9.17) is 0 Å². The third-order valence-corrected chi connectivity index (χ3v) is 5.47. The van der Waals surface area contributed by atoms with Gasteiger partial charge >= 0.3 is 0 Å². The van der Waals surface area contributed by atoms with Gasteiger partial charge in [-0.2, -0.15) is 5.10 Å². The van der Waals surface area contributed by atoms with E-state index in [0.29, 0.717) is 6.54 Å². The van der Waals surface area contributed by atoms with Crippen LogP contribution in [0.25, 0.3) is 0 Å². The molecule has 0 amide bonds. The van der Waals surface area contributed by atoms with Gasteiger partial charge in [-0.3, -0.25) is 9.67 Å². The summed E-state index contributed by atoms with van der Waals surface area (Å²) in [4.78, 5) is 4.34. The van der Waals surface area contributed by atoms with Crippen LogP contribution in [0.1, 0.15) is 30.5 Å². The first kappa shape index (κ1) is 20.2. The molecule has 0 saturated heterocycles. The first-order valence-corrected chi connectivity index (χ1v) is 9.10. The normalized spacial score (nSPS) is 15.9. The number of nitrogens with zero attached hydrogens (tertiary/aromatic N) is 3. The second-order valence-electron chi connectivity index (χ2n) is 6.37. The van der Waals surface area contributed by atoms with Crippen molar-refractivity contribution in [2.24, 2.45) is 12.0 Å². The smallest absolute Gasteiger partial charge is 0.191 e. The minimum Gasteiger partial charge on any atom is -0.356 e. The number of aliphatic imine (C=N–C) groups is 1. The summed E-state index contributed by atoms with van der Waals surface area (Å²) in [5, 5.41) is 11.1. The molecule has 1 saturated carbocycles. The van der Waals surface area contributed by atoms with Crippen LogP contribution in [-0.2, 0) is 19.0 Å². The molecule has 25 heavy (non-hydrogen) atoms. The number of rotatable bonds is 5. The first-order chi connectivity index (χ1) is 11.6. The zero-order valence-corrected chi connectivity index (χ0v) is 18.5. The number of hydrogen-bond acceptors (Lipinski definition) is 2. The Kier molecular flexibility index (Phi) is 7.30. The van der Waals surface area contributed by atoms with E-state index in [-0.39, 0.29) is 29.4 Å². The van der Waals surface area contributed by atoms with Gasteiger partial charge in [0.25, 0.3) is 0 Å². The van der Waals surface area contributed by atoms with E-state index in [9.17, 15) is 0 Å². The van der Waals surface area contributed by atoms with Crippen molar-refractivity contribution in [2.75, 3.05) is 13.6 Å². The summed E-state index contributed by atoms with van der Waals surface area (Å²) in [6.45, 7) is 1.61. The Morgan fingerprint density at radius 2 is 1.96 bits per heavy atom. The highest BCUT2D eigenvalue weighted by Gasteiger charge is 2.38. The van der Waals surface area contributed by atoms with Gasteiger partial charge in [-0.15, -0.1) is 24.0 Å². The van der Waals surface area contributed by atoms with Gasteiger partial charge in [-0.1, -0.05) is 34.5 Å². The molecule has 0 atom stereocenters. The minimum atomic E-state index is 0. The van der Waals surface area contributed by atoms with Crippen molar-refractivity contribution in [1.29, 1.82) is 0 Å². The topological polar surface area (TPSA) is 54.2 Å². The Morgan fingerprint density at radius 1 is 1.24 bits per heavy atom. The molecule has 2 N–H and O–H groups in total. The van der Waals surface area contributed by atoms with Crippen molar-refractivity contribution in [2.45, 2.75) is 31.2 Å². The van der Waals surface area contributed by atoms with E-state index >= 15 is 0 Å². The van der Waals surface area contributed by atoms with Crippen molar-refractivity contribution < 1.29 is 0 Å². The molecular weight excluding hydrogens is 493 g/mol. The molecule has 0 spiro atoms. The molecule has 5 nitrogen and oxygen atoms in total. The van der Waals surface area contributed by atoms with Crippen molar-refractivity contribution >= 4 is 45.9 Å². The van der Waals surface area contributed by atoms with E-state index in [2.05, 4.69) is 60.9 Å². The summed E-state index contributed by atoms with van der Waals surface area (Å²) >= 11 is 3.52. The SMILES string of the molecule is CN=C(NCc1ccnn1C)NCC1(c2ccc(Br)cc2)CCC1.I. The Labute approximate surface area is 174 Å². The molecule has 1 fully saturated rings. The number of hydrogen-bond donors (Lipinski definition) is 2. The van der Waals surface area contributed by atoms with Gasteiger partial charge in [0.2, 0.25) is 0 Å². The fourth-order valence-corrected chi connectivity index (χ4v) is 3.46. The summed E-state index contributed by atoms with van der Waals surface area (Å²) in [5.74, 6) is 0.833. The lowest BCUT2D eigenvalue weighted by Crippen LogP contribution is -2.48. The molecule has 1 aliphatic rings. The van der Waals surface area contributed by atoms with Crippen LogP contribution in [0.3, 0.4) is 0 Å². The molecule has 0 bridgehead atoms. The van der Waals surface area contributed by atoms with Gasteiger partial charge in [0.05, 0.1) is 12.2 Å². The predicted molar refractivity (Wildman–Crippen MR) is 116 cm³/mol. The highest BCUT2D eigenvalue weighted by Crippen LogP contribution is 2.43. The lowest BCUT2D eigenvalue weighted by atomic mass is 9.64. The maximum absolute atomic E-state index is 4.34. The maximum atomic E-state index is 4.34. The van der Waals surface area contributed by atoms with E-state index < -0.39 is 0 Å². The fraction of sp³-hybridized carbons (Fsp3) is 0.444. The number of aryl methyl sites for hydroxylation is 1. The van der Waals surface area contributed by atoms with Crippen LogP contribution in [0.4, 0.5) is 0 Å².